The van der Waals surface area contributed by atoms with Crippen LogP contribution in [0, 0.1) is 6.92 Å². The second-order valence-corrected chi connectivity index (χ2v) is 8.66. The topological polar surface area (TPSA) is 97.6 Å². The van der Waals surface area contributed by atoms with Gasteiger partial charge in [-0.15, -0.1) is 0 Å². The van der Waals surface area contributed by atoms with E-state index in [1.807, 2.05) is 42.2 Å². The molecule has 1 unspecified atom stereocenters. The number of likely N-dealkylation sites (tertiary alicyclic amines) is 1. The fourth-order valence-electron chi connectivity index (χ4n) is 4.15. The van der Waals surface area contributed by atoms with Gasteiger partial charge in [0, 0.05) is 42.2 Å². The summed E-state index contributed by atoms with van der Waals surface area (Å²) in [5.41, 5.74) is 3.01. The molecule has 2 heterocycles. The summed E-state index contributed by atoms with van der Waals surface area (Å²) in [5, 5.41) is 6.91. The quantitative estimate of drug-likeness (QED) is 0.549. The molecule has 4 rings (SSSR count). The van der Waals surface area contributed by atoms with Gasteiger partial charge < -0.3 is 19.5 Å². The van der Waals surface area contributed by atoms with Gasteiger partial charge in [0.25, 0.3) is 5.91 Å². The number of nitrogens with one attached hydrogen (secondary N) is 1. The van der Waals surface area contributed by atoms with E-state index in [1.54, 1.807) is 19.2 Å². The molecule has 0 saturated carbocycles. The molecule has 1 atom stereocenters. The van der Waals surface area contributed by atoms with Crippen molar-refractivity contribution in [1.29, 1.82) is 0 Å². The summed E-state index contributed by atoms with van der Waals surface area (Å²) < 4.78 is 10.4. The number of rotatable bonds is 7. The Labute approximate surface area is 199 Å². The van der Waals surface area contributed by atoms with Gasteiger partial charge in [-0.1, -0.05) is 5.16 Å². The lowest BCUT2D eigenvalue weighted by Crippen LogP contribution is -2.42. The molecule has 2 aromatic carbocycles. The number of hydrogen-bond donors (Lipinski definition) is 1. The summed E-state index contributed by atoms with van der Waals surface area (Å²) in [6, 6.07) is 13.0. The predicted molar refractivity (Wildman–Crippen MR) is 129 cm³/mol. The molecule has 1 saturated heterocycles. The number of nitrogens with zero attached hydrogens (tertiary/aromatic N) is 3. The van der Waals surface area contributed by atoms with Crippen molar-refractivity contribution >= 4 is 17.5 Å². The van der Waals surface area contributed by atoms with Crippen LogP contribution in [-0.4, -0.2) is 46.6 Å². The number of aryl methyl sites for hydroxylation is 2. The number of aromatic nitrogens is 2. The molecule has 1 N–H and O–H groups in total. The normalized spacial score (nSPS) is 15.7. The van der Waals surface area contributed by atoms with Crippen molar-refractivity contribution in [2.75, 3.05) is 19.0 Å². The monoisotopic (exact) mass is 462 g/mol. The van der Waals surface area contributed by atoms with Gasteiger partial charge in [-0.25, -0.2) is 0 Å². The summed E-state index contributed by atoms with van der Waals surface area (Å²) in [5.74, 6) is 1.51. The van der Waals surface area contributed by atoms with E-state index in [9.17, 15) is 9.59 Å². The molecule has 0 radical (unpaired) electrons. The largest absolute Gasteiger partial charge is 0.497 e. The lowest BCUT2D eigenvalue weighted by Gasteiger charge is -2.33. The summed E-state index contributed by atoms with van der Waals surface area (Å²) in [4.78, 5) is 31.7. The molecular formula is C26H30N4O4. The number of benzene rings is 2. The number of ether oxygens (including phenoxy) is 1. The number of hydrogen-bond acceptors (Lipinski definition) is 6. The molecule has 8 heteroatoms. The highest BCUT2D eigenvalue weighted by Crippen LogP contribution is 2.23. The Hall–Kier alpha value is -3.68. The van der Waals surface area contributed by atoms with Gasteiger partial charge in [-0.05, 0) is 81.1 Å². The van der Waals surface area contributed by atoms with Crippen molar-refractivity contribution in [2.24, 2.45) is 0 Å². The van der Waals surface area contributed by atoms with E-state index in [-0.39, 0.29) is 24.3 Å². The smallest absolute Gasteiger partial charge is 0.254 e. The van der Waals surface area contributed by atoms with E-state index in [2.05, 4.69) is 22.4 Å². The Morgan fingerprint density at radius 3 is 2.68 bits per heavy atom. The molecule has 0 spiro atoms. The minimum Gasteiger partial charge on any atom is -0.497 e. The van der Waals surface area contributed by atoms with Gasteiger partial charge in [0.05, 0.1) is 7.11 Å². The van der Waals surface area contributed by atoms with Crippen molar-refractivity contribution in [3.8, 4) is 17.1 Å². The van der Waals surface area contributed by atoms with Crippen molar-refractivity contribution in [1.82, 2.24) is 15.0 Å². The van der Waals surface area contributed by atoms with E-state index in [4.69, 9.17) is 9.26 Å². The lowest BCUT2D eigenvalue weighted by molar-refractivity contribution is -0.116. The van der Waals surface area contributed by atoms with Crippen LogP contribution in [0.3, 0.4) is 0 Å². The first-order valence-corrected chi connectivity index (χ1v) is 11.6. The first kappa shape index (κ1) is 23.5. The molecule has 1 fully saturated rings. The van der Waals surface area contributed by atoms with Crippen LogP contribution in [0.2, 0.25) is 0 Å². The van der Waals surface area contributed by atoms with E-state index >= 15 is 0 Å². The Balaban J connectivity index is 1.32. The zero-order valence-electron chi connectivity index (χ0n) is 19.8. The third kappa shape index (κ3) is 5.44. The third-order valence-electron chi connectivity index (χ3n) is 6.19. The van der Waals surface area contributed by atoms with Crippen molar-refractivity contribution in [3.63, 3.8) is 0 Å². The van der Waals surface area contributed by atoms with Crippen LogP contribution >= 0.6 is 0 Å². The second-order valence-electron chi connectivity index (χ2n) is 8.66. The van der Waals surface area contributed by atoms with Crippen LogP contribution in [0.1, 0.15) is 54.4 Å². The molecule has 3 aromatic rings. The van der Waals surface area contributed by atoms with Crippen LogP contribution in [-0.2, 0) is 11.2 Å². The molecule has 34 heavy (non-hydrogen) atoms. The van der Waals surface area contributed by atoms with Gasteiger partial charge in [0.1, 0.15) is 5.75 Å². The molecule has 1 aromatic heterocycles. The Morgan fingerprint density at radius 2 is 1.97 bits per heavy atom. The minimum absolute atomic E-state index is 0.0530. The summed E-state index contributed by atoms with van der Waals surface area (Å²) >= 11 is 0. The van der Waals surface area contributed by atoms with Crippen LogP contribution in [0.15, 0.2) is 47.0 Å². The highest BCUT2D eigenvalue weighted by molar-refractivity contribution is 5.96. The number of amides is 2. The molecule has 0 bridgehead atoms. The fraction of sp³-hybridized carbons (Fsp3) is 0.385. The average molecular weight is 463 g/mol. The third-order valence-corrected chi connectivity index (χ3v) is 6.19. The maximum absolute atomic E-state index is 12.9. The summed E-state index contributed by atoms with van der Waals surface area (Å²) in [7, 11) is 1.61. The van der Waals surface area contributed by atoms with Gasteiger partial charge in [-0.3, -0.25) is 9.59 Å². The van der Waals surface area contributed by atoms with Crippen LogP contribution in [0.5, 0.6) is 5.75 Å². The second kappa shape index (κ2) is 10.5. The van der Waals surface area contributed by atoms with Gasteiger partial charge in [0.15, 0.2) is 0 Å². The molecule has 1 aliphatic heterocycles. The maximum atomic E-state index is 12.9. The molecule has 1 aliphatic rings. The van der Waals surface area contributed by atoms with E-state index < -0.39 is 0 Å². The summed E-state index contributed by atoms with van der Waals surface area (Å²) in [6.07, 6.45) is 3.79. The van der Waals surface area contributed by atoms with Crippen LogP contribution < -0.4 is 10.1 Å². The zero-order chi connectivity index (χ0) is 24.1. The summed E-state index contributed by atoms with van der Waals surface area (Å²) in [6.45, 7) is 4.79. The lowest BCUT2D eigenvalue weighted by atomic mass is 10.0. The standard InChI is InChI=1S/C26H30N4O4/c1-17-16-20(26(32)30-15-5-4-6-18(30)2)9-12-22(17)27-23(31)13-14-24-28-25(29-34-24)19-7-10-21(33-3)11-8-19/h7-12,16,18H,4-6,13-15H2,1-3H3,(H,27,31). The van der Waals surface area contributed by atoms with Crippen molar-refractivity contribution in [2.45, 2.75) is 52.0 Å². The SMILES string of the molecule is COc1ccc(-c2noc(CCC(=O)Nc3ccc(C(=O)N4CCCCC4C)cc3C)n2)cc1. The Morgan fingerprint density at radius 1 is 1.18 bits per heavy atom. The molecular weight excluding hydrogens is 432 g/mol. The van der Waals surface area contributed by atoms with Gasteiger partial charge in [-0.2, -0.15) is 4.98 Å². The van der Waals surface area contributed by atoms with E-state index in [1.165, 1.54) is 6.42 Å². The number of carbonyl (C=O) groups is 2. The van der Waals surface area contributed by atoms with Gasteiger partial charge in [0.2, 0.25) is 17.6 Å². The first-order chi connectivity index (χ1) is 16.4. The molecule has 2 amide bonds. The predicted octanol–water partition coefficient (Wildman–Crippen LogP) is 4.64. The van der Waals surface area contributed by atoms with E-state index in [0.717, 1.165) is 36.3 Å². The van der Waals surface area contributed by atoms with Crippen LogP contribution in [0.25, 0.3) is 11.4 Å². The van der Waals surface area contributed by atoms with Crippen LogP contribution in [0.4, 0.5) is 5.69 Å². The van der Waals surface area contributed by atoms with Gasteiger partial charge >= 0.3 is 0 Å². The van der Waals surface area contributed by atoms with E-state index in [0.29, 0.717) is 29.4 Å². The first-order valence-electron chi connectivity index (χ1n) is 11.6. The minimum atomic E-state index is -0.156. The number of anilines is 1. The Kier molecular flexibility index (Phi) is 7.25. The fourth-order valence-corrected chi connectivity index (χ4v) is 4.15. The number of piperidine rings is 1. The van der Waals surface area contributed by atoms with Crippen molar-refractivity contribution in [3.05, 3.63) is 59.5 Å². The molecule has 8 nitrogen and oxygen atoms in total. The number of methoxy groups -OCH3 is 1. The Bertz CT molecular complexity index is 1160. The average Bonchev–Trinajstić information content (AvgIpc) is 3.33. The molecule has 178 valence electrons. The van der Waals surface area contributed by atoms with Crippen molar-refractivity contribution < 1.29 is 18.8 Å². The highest BCUT2D eigenvalue weighted by Gasteiger charge is 2.24. The zero-order valence-corrected chi connectivity index (χ0v) is 19.8. The molecule has 0 aliphatic carbocycles. The maximum Gasteiger partial charge on any atom is 0.254 e. The highest BCUT2D eigenvalue weighted by atomic mass is 16.5. The number of carbonyl (C=O) groups excluding carboxylic acids is 2.